The number of aromatic carboxylic acids is 1. The average Bonchev–Trinajstić information content (AvgIpc) is 3.31. The molecule has 0 amide bonds. The number of anilines is 1. The molecule has 166 valence electrons. The molecule has 0 saturated carbocycles. The molecule has 0 spiro atoms. The molecule has 0 radical (unpaired) electrons. The minimum atomic E-state index is -1.07. The molecular weight excluding hydrogens is 424 g/mol. The number of aromatic hydroxyl groups is 3. The van der Waals surface area contributed by atoms with E-state index in [4.69, 9.17) is 9.94 Å². The Hall–Kier alpha value is -4.59. The number of aromatic nitrogens is 1. The normalized spacial score (nSPS) is 14.7. The Morgan fingerprint density at radius 1 is 0.818 bits per heavy atom. The monoisotopic (exact) mass is 444 g/mol. The summed E-state index contributed by atoms with van der Waals surface area (Å²) in [5, 5.41) is 42.6. The quantitative estimate of drug-likeness (QED) is 0.366. The molecule has 0 aliphatic carbocycles. The maximum absolute atomic E-state index is 11.2. The number of carboxylic acid groups (broad SMARTS) is 1. The SMILES string of the molecule is Cc1ccc(N2Oc3c(c(O)n(-c4ccc(C(=O)O)cc4)c3O)[C@@H]2c2ccc(O)cc2)cc1. The van der Waals surface area contributed by atoms with Crippen LogP contribution in [0, 0.1) is 6.92 Å². The van der Waals surface area contributed by atoms with Crippen LogP contribution in [0.4, 0.5) is 5.69 Å². The molecule has 3 aromatic carbocycles. The minimum absolute atomic E-state index is 0.0844. The van der Waals surface area contributed by atoms with Gasteiger partial charge in [0, 0.05) is 0 Å². The highest BCUT2D eigenvalue weighted by molar-refractivity contribution is 5.87. The van der Waals surface area contributed by atoms with Crippen LogP contribution in [-0.2, 0) is 0 Å². The first kappa shape index (κ1) is 20.3. The fraction of sp³-hybridized carbons (Fsp3) is 0.0800. The summed E-state index contributed by atoms with van der Waals surface area (Å²) in [7, 11) is 0. The van der Waals surface area contributed by atoms with Crippen molar-refractivity contribution in [2.24, 2.45) is 0 Å². The van der Waals surface area contributed by atoms with Gasteiger partial charge in [0.15, 0.2) is 0 Å². The highest BCUT2D eigenvalue weighted by atomic mass is 16.7. The number of nitrogens with zero attached hydrogens (tertiary/aromatic N) is 2. The molecule has 2 heterocycles. The largest absolute Gasteiger partial charge is 0.508 e. The molecule has 4 aromatic rings. The van der Waals surface area contributed by atoms with E-state index in [2.05, 4.69) is 0 Å². The third-order valence-electron chi connectivity index (χ3n) is 5.68. The number of phenols is 1. The van der Waals surface area contributed by atoms with Gasteiger partial charge in [-0.2, -0.15) is 5.06 Å². The molecule has 8 nitrogen and oxygen atoms in total. The first-order valence-corrected chi connectivity index (χ1v) is 10.2. The lowest BCUT2D eigenvalue weighted by atomic mass is 10.00. The number of benzene rings is 3. The van der Waals surface area contributed by atoms with Gasteiger partial charge in [-0.05, 0) is 61.0 Å². The number of fused-ring (bicyclic) bond motifs is 1. The van der Waals surface area contributed by atoms with Gasteiger partial charge >= 0.3 is 5.97 Å². The Bertz CT molecular complexity index is 1340. The van der Waals surface area contributed by atoms with Crippen molar-refractivity contribution in [1.29, 1.82) is 0 Å². The molecule has 1 aromatic heterocycles. The van der Waals surface area contributed by atoms with Gasteiger partial charge < -0.3 is 25.3 Å². The lowest BCUT2D eigenvalue weighted by Gasteiger charge is -2.26. The van der Waals surface area contributed by atoms with E-state index >= 15 is 0 Å². The summed E-state index contributed by atoms with van der Waals surface area (Å²) in [4.78, 5) is 17.2. The summed E-state index contributed by atoms with van der Waals surface area (Å²) in [6.45, 7) is 1.97. The molecule has 0 bridgehead atoms. The number of hydrogen-bond acceptors (Lipinski definition) is 6. The van der Waals surface area contributed by atoms with Gasteiger partial charge in [0.05, 0.1) is 22.5 Å². The highest BCUT2D eigenvalue weighted by Gasteiger charge is 2.43. The van der Waals surface area contributed by atoms with Crippen molar-refractivity contribution in [1.82, 2.24) is 4.57 Å². The summed E-state index contributed by atoms with van der Waals surface area (Å²) in [5.74, 6) is -1.44. The number of carboxylic acids is 1. The van der Waals surface area contributed by atoms with E-state index in [0.717, 1.165) is 11.1 Å². The van der Waals surface area contributed by atoms with E-state index < -0.39 is 12.0 Å². The molecule has 1 aliphatic rings. The van der Waals surface area contributed by atoms with Crippen LogP contribution >= 0.6 is 0 Å². The highest BCUT2D eigenvalue weighted by Crippen LogP contribution is 2.54. The summed E-state index contributed by atoms with van der Waals surface area (Å²) in [6, 6.07) is 19.3. The summed E-state index contributed by atoms with van der Waals surface area (Å²) in [5.41, 5.74) is 3.31. The van der Waals surface area contributed by atoms with Crippen molar-refractivity contribution >= 4 is 11.7 Å². The van der Waals surface area contributed by atoms with Crippen LogP contribution in [0.2, 0.25) is 0 Å². The molecule has 0 unspecified atom stereocenters. The van der Waals surface area contributed by atoms with Gasteiger partial charge in [-0.15, -0.1) is 0 Å². The smallest absolute Gasteiger partial charge is 0.335 e. The number of carbonyl (C=O) groups is 1. The number of hydroxylamine groups is 1. The van der Waals surface area contributed by atoms with Crippen molar-refractivity contribution < 1.29 is 30.1 Å². The predicted molar refractivity (Wildman–Crippen MR) is 120 cm³/mol. The Morgan fingerprint density at radius 3 is 2.03 bits per heavy atom. The lowest BCUT2D eigenvalue weighted by molar-refractivity contribution is 0.0697. The van der Waals surface area contributed by atoms with Crippen LogP contribution in [0.3, 0.4) is 0 Å². The standard InChI is InChI=1S/C25H20N2O6/c1-14-2-8-18(9-3-14)27-21(15-6-12-19(28)13-7-15)20-22(33-27)24(30)26(23(20)29)17-10-4-16(5-11-17)25(31)32/h2-13,21,28-30H,1H3,(H,31,32)/t21-/m0/s1. The van der Waals surface area contributed by atoms with Crippen molar-refractivity contribution in [2.45, 2.75) is 13.0 Å². The van der Waals surface area contributed by atoms with Crippen molar-refractivity contribution in [3.8, 4) is 28.9 Å². The Labute approximate surface area is 188 Å². The Kier molecular flexibility index (Phi) is 4.63. The number of rotatable bonds is 4. The molecule has 5 rings (SSSR count). The van der Waals surface area contributed by atoms with Crippen LogP contribution in [-0.4, -0.2) is 31.0 Å². The summed E-state index contributed by atoms with van der Waals surface area (Å²) < 4.78 is 1.20. The van der Waals surface area contributed by atoms with Gasteiger partial charge in [-0.3, -0.25) is 0 Å². The van der Waals surface area contributed by atoms with E-state index in [1.807, 2.05) is 31.2 Å². The maximum atomic E-state index is 11.2. The molecule has 0 saturated heterocycles. The second-order valence-electron chi connectivity index (χ2n) is 7.82. The van der Waals surface area contributed by atoms with Crippen LogP contribution < -0.4 is 9.90 Å². The fourth-order valence-corrected chi connectivity index (χ4v) is 4.00. The van der Waals surface area contributed by atoms with Crippen molar-refractivity contribution in [3.63, 3.8) is 0 Å². The van der Waals surface area contributed by atoms with E-state index in [9.17, 15) is 20.1 Å². The maximum Gasteiger partial charge on any atom is 0.335 e. The van der Waals surface area contributed by atoms with Crippen molar-refractivity contribution in [2.75, 3.05) is 5.06 Å². The Morgan fingerprint density at radius 2 is 1.42 bits per heavy atom. The second kappa shape index (κ2) is 7.52. The lowest BCUT2D eigenvalue weighted by Crippen LogP contribution is -2.27. The number of hydrogen-bond donors (Lipinski definition) is 4. The molecule has 1 atom stereocenters. The predicted octanol–water partition coefficient (Wildman–Crippen LogP) is 4.50. The Balaban J connectivity index is 1.66. The first-order chi connectivity index (χ1) is 15.8. The van der Waals surface area contributed by atoms with Gasteiger partial charge in [0.2, 0.25) is 17.5 Å². The van der Waals surface area contributed by atoms with Gasteiger partial charge in [-0.25, -0.2) is 9.36 Å². The summed E-state index contributed by atoms with van der Waals surface area (Å²) in [6.07, 6.45) is 0. The zero-order chi connectivity index (χ0) is 23.3. The third-order valence-corrected chi connectivity index (χ3v) is 5.68. The topological polar surface area (TPSA) is 115 Å². The zero-order valence-electron chi connectivity index (χ0n) is 17.5. The number of aryl methyl sites for hydroxylation is 1. The van der Waals surface area contributed by atoms with Gasteiger partial charge in [0.1, 0.15) is 11.8 Å². The van der Waals surface area contributed by atoms with Gasteiger partial charge in [0.25, 0.3) is 0 Å². The summed E-state index contributed by atoms with van der Waals surface area (Å²) >= 11 is 0. The molecule has 1 aliphatic heterocycles. The van der Waals surface area contributed by atoms with Crippen LogP contribution in [0.5, 0.6) is 23.3 Å². The molecule has 0 fully saturated rings. The third kappa shape index (κ3) is 3.28. The second-order valence-corrected chi connectivity index (χ2v) is 7.82. The molecule has 4 N–H and O–H groups in total. The number of phenolic OH excluding ortho intramolecular Hbond substituents is 1. The van der Waals surface area contributed by atoms with Crippen molar-refractivity contribution in [3.05, 3.63) is 95.1 Å². The van der Waals surface area contributed by atoms with Crippen LogP contribution in [0.1, 0.15) is 33.1 Å². The fourth-order valence-electron chi connectivity index (χ4n) is 4.00. The first-order valence-electron chi connectivity index (χ1n) is 10.2. The van der Waals surface area contributed by atoms with E-state index in [-0.39, 0.29) is 28.8 Å². The average molecular weight is 444 g/mol. The van der Waals surface area contributed by atoms with Crippen LogP contribution in [0.15, 0.2) is 72.8 Å². The van der Waals surface area contributed by atoms with Crippen LogP contribution in [0.25, 0.3) is 5.69 Å². The van der Waals surface area contributed by atoms with E-state index in [1.165, 1.54) is 28.8 Å². The molecule has 33 heavy (non-hydrogen) atoms. The molecule has 8 heteroatoms. The van der Waals surface area contributed by atoms with E-state index in [0.29, 0.717) is 16.9 Å². The van der Waals surface area contributed by atoms with E-state index in [1.54, 1.807) is 29.3 Å². The molecular formula is C25H20N2O6. The zero-order valence-corrected chi connectivity index (χ0v) is 17.5. The minimum Gasteiger partial charge on any atom is -0.508 e. The van der Waals surface area contributed by atoms with Gasteiger partial charge in [-0.1, -0.05) is 29.8 Å².